The van der Waals surface area contributed by atoms with E-state index in [2.05, 4.69) is 5.10 Å². The van der Waals surface area contributed by atoms with Crippen molar-refractivity contribution < 1.29 is 0 Å². The summed E-state index contributed by atoms with van der Waals surface area (Å²) in [5, 5.41) is 5.66. The molecule has 0 atom stereocenters. The molecule has 0 N–H and O–H groups in total. The van der Waals surface area contributed by atoms with Crippen molar-refractivity contribution in [3.8, 4) is 5.69 Å². The van der Waals surface area contributed by atoms with Crippen LogP contribution in [0.5, 0.6) is 0 Å². The van der Waals surface area contributed by atoms with Gasteiger partial charge in [0.2, 0.25) is 0 Å². The van der Waals surface area contributed by atoms with E-state index in [4.69, 9.17) is 34.8 Å². The molecular formula is C12H11Cl3N2. The molecule has 0 amide bonds. The molecule has 17 heavy (non-hydrogen) atoms. The summed E-state index contributed by atoms with van der Waals surface area (Å²) in [6.45, 7) is 2.02. The van der Waals surface area contributed by atoms with E-state index in [9.17, 15) is 0 Å². The average Bonchev–Trinajstić information content (AvgIpc) is 2.65. The Hall–Kier alpha value is -0.700. The molecule has 0 bridgehead atoms. The summed E-state index contributed by atoms with van der Waals surface area (Å²) in [5.74, 6) is 0.364. The van der Waals surface area contributed by atoms with Crippen LogP contribution in [0.2, 0.25) is 10.2 Å². The van der Waals surface area contributed by atoms with Crippen LogP contribution in [0.4, 0.5) is 0 Å². The Kier molecular flexibility index (Phi) is 3.97. The van der Waals surface area contributed by atoms with Crippen molar-refractivity contribution in [3.05, 3.63) is 45.7 Å². The molecular weight excluding hydrogens is 279 g/mol. The predicted octanol–water partition coefficient (Wildman–Crippen LogP) is 4.48. The maximum absolute atomic E-state index is 6.27. The first kappa shape index (κ1) is 12.7. The fourth-order valence-electron chi connectivity index (χ4n) is 1.67. The van der Waals surface area contributed by atoms with Crippen LogP contribution in [-0.2, 0) is 12.3 Å². The molecule has 0 unspecified atom stereocenters. The van der Waals surface area contributed by atoms with Gasteiger partial charge in [-0.1, -0.05) is 36.2 Å². The van der Waals surface area contributed by atoms with Crippen molar-refractivity contribution in [1.82, 2.24) is 9.78 Å². The van der Waals surface area contributed by atoms with Crippen LogP contribution >= 0.6 is 34.8 Å². The summed E-state index contributed by atoms with van der Waals surface area (Å²) in [6, 6.07) is 7.40. The first-order valence-corrected chi connectivity index (χ1v) is 6.54. The molecule has 1 aromatic carbocycles. The van der Waals surface area contributed by atoms with Crippen LogP contribution < -0.4 is 0 Å². The molecule has 0 aliphatic heterocycles. The molecule has 0 radical (unpaired) electrons. The largest absolute Gasteiger partial charge is 0.222 e. The second-order valence-corrected chi connectivity index (χ2v) is 4.66. The van der Waals surface area contributed by atoms with E-state index in [-0.39, 0.29) is 0 Å². The minimum atomic E-state index is 0.364. The van der Waals surface area contributed by atoms with Gasteiger partial charge < -0.3 is 0 Å². The van der Waals surface area contributed by atoms with Gasteiger partial charge in [-0.25, -0.2) is 4.68 Å². The molecule has 0 saturated heterocycles. The van der Waals surface area contributed by atoms with Crippen molar-refractivity contribution in [2.75, 3.05) is 0 Å². The van der Waals surface area contributed by atoms with Crippen LogP contribution in [0.1, 0.15) is 18.2 Å². The van der Waals surface area contributed by atoms with Gasteiger partial charge in [0.05, 0.1) is 17.3 Å². The van der Waals surface area contributed by atoms with Crippen LogP contribution in [0.25, 0.3) is 5.69 Å². The third kappa shape index (κ3) is 2.44. The minimum Gasteiger partial charge on any atom is -0.222 e. The maximum atomic E-state index is 6.27. The Balaban J connectivity index is 2.56. The number of nitrogens with zero attached hydrogens (tertiary/aromatic N) is 2. The number of alkyl halides is 1. The zero-order chi connectivity index (χ0) is 12.4. The minimum absolute atomic E-state index is 0.364. The molecule has 2 aromatic rings. The standard InChI is InChI=1S/C12H11Cl3N2/c1-2-11-10(7-13)12(15)17(16-11)9-5-3-4-8(14)6-9/h3-6H,2,7H2,1H3. The summed E-state index contributed by atoms with van der Waals surface area (Å²) in [6.07, 6.45) is 0.801. The van der Waals surface area contributed by atoms with Gasteiger partial charge in [0.25, 0.3) is 0 Å². The second kappa shape index (κ2) is 5.30. The van der Waals surface area contributed by atoms with E-state index in [1.807, 2.05) is 31.2 Å². The van der Waals surface area contributed by atoms with Crippen molar-refractivity contribution in [3.63, 3.8) is 0 Å². The normalized spacial score (nSPS) is 10.8. The van der Waals surface area contributed by atoms with Gasteiger partial charge in [0.15, 0.2) is 0 Å². The number of benzene rings is 1. The van der Waals surface area contributed by atoms with Gasteiger partial charge in [-0.2, -0.15) is 5.10 Å². The topological polar surface area (TPSA) is 17.8 Å². The van der Waals surface area contributed by atoms with E-state index >= 15 is 0 Å². The highest BCUT2D eigenvalue weighted by Crippen LogP contribution is 2.26. The third-order valence-corrected chi connectivity index (χ3v) is 3.42. The molecule has 0 aliphatic carbocycles. The molecule has 1 aromatic heterocycles. The van der Waals surface area contributed by atoms with E-state index < -0.39 is 0 Å². The number of hydrogen-bond acceptors (Lipinski definition) is 1. The number of halogens is 3. The van der Waals surface area contributed by atoms with Crippen molar-refractivity contribution >= 4 is 34.8 Å². The number of aromatic nitrogens is 2. The van der Waals surface area contributed by atoms with Gasteiger partial charge in [0, 0.05) is 10.6 Å². The Morgan fingerprint density at radius 1 is 1.29 bits per heavy atom. The lowest BCUT2D eigenvalue weighted by atomic mass is 10.2. The molecule has 2 nitrogen and oxygen atoms in total. The number of aryl methyl sites for hydroxylation is 1. The summed E-state index contributed by atoms with van der Waals surface area (Å²) in [4.78, 5) is 0. The lowest BCUT2D eigenvalue weighted by Gasteiger charge is -2.03. The molecule has 0 aliphatic rings. The van der Waals surface area contributed by atoms with Gasteiger partial charge in [0.1, 0.15) is 5.15 Å². The van der Waals surface area contributed by atoms with E-state index in [0.29, 0.717) is 16.1 Å². The number of rotatable bonds is 3. The average molecular weight is 290 g/mol. The second-order valence-electron chi connectivity index (χ2n) is 3.59. The maximum Gasteiger partial charge on any atom is 0.137 e. The lowest BCUT2D eigenvalue weighted by Crippen LogP contribution is -1.96. The van der Waals surface area contributed by atoms with Crippen molar-refractivity contribution in [1.29, 1.82) is 0 Å². The molecule has 0 fully saturated rings. The van der Waals surface area contributed by atoms with Gasteiger partial charge in [-0.15, -0.1) is 11.6 Å². The smallest absolute Gasteiger partial charge is 0.137 e. The Morgan fingerprint density at radius 3 is 2.59 bits per heavy atom. The van der Waals surface area contributed by atoms with E-state index in [1.165, 1.54) is 0 Å². The summed E-state index contributed by atoms with van der Waals surface area (Å²) >= 11 is 18.1. The third-order valence-electron chi connectivity index (χ3n) is 2.53. The zero-order valence-electron chi connectivity index (χ0n) is 9.25. The molecule has 90 valence electrons. The molecule has 0 saturated carbocycles. The first-order valence-electron chi connectivity index (χ1n) is 5.25. The SMILES string of the molecule is CCc1nn(-c2cccc(Cl)c2)c(Cl)c1CCl. The van der Waals surface area contributed by atoms with E-state index in [1.54, 1.807) is 4.68 Å². The Morgan fingerprint density at radius 2 is 2.06 bits per heavy atom. The first-order chi connectivity index (χ1) is 8.17. The molecule has 5 heteroatoms. The van der Waals surface area contributed by atoms with Crippen molar-refractivity contribution in [2.45, 2.75) is 19.2 Å². The summed E-state index contributed by atoms with van der Waals surface area (Å²) in [7, 11) is 0. The fourth-order valence-corrected chi connectivity index (χ4v) is 2.51. The highest BCUT2D eigenvalue weighted by atomic mass is 35.5. The molecule has 2 rings (SSSR count). The lowest BCUT2D eigenvalue weighted by molar-refractivity contribution is 0.841. The zero-order valence-corrected chi connectivity index (χ0v) is 11.5. The summed E-state index contributed by atoms with van der Waals surface area (Å²) in [5.41, 5.74) is 2.65. The molecule has 1 heterocycles. The van der Waals surface area contributed by atoms with Crippen LogP contribution in [0.15, 0.2) is 24.3 Å². The van der Waals surface area contributed by atoms with E-state index in [0.717, 1.165) is 23.4 Å². The number of hydrogen-bond donors (Lipinski definition) is 0. The van der Waals surface area contributed by atoms with Gasteiger partial charge in [-0.05, 0) is 24.6 Å². The summed E-state index contributed by atoms with van der Waals surface area (Å²) < 4.78 is 1.67. The Bertz CT molecular complexity index is 535. The van der Waals surface area contributed by atoms with Crippen LogP contribution in [-0.4, -0.2) is 9.78 Å². The van der Waals surface area contributed by atoms with Gasteiger partial charge in [-0.3, -0.25) is 0 Å². The Labute approximate surface area is 115 Å². The molecule has 0 spiro atoms. The monoisotopic (exact) mass is 288 g/mol. The predicted molar refractivity (Wildman–Crippen MR) is 72.5 cm³/mol. The van der Waals surface area contributed by atoms with Crippen molar-refractivity contribution in [2.24, 2.45) is 0 Å². The quantitative estimate of drug-likeness (QED) is 0.762. The highest BCUT2D eigenvalue weighted by Gasteiger charge is 2.15. The van der Waals surface area contributed by atoms with Crippen LogP contribution in [0, 0.1) is 0 Å². The highest BCUT2D eigenvalue weighted by molar-refractivity contribution is 6.32. The van der Waals surface area contributed by atoms with Crippen LogP contribution in [0.3, 0.4) is 0 Å². The van der Waals surface area contributed by atoms with Gasteiger partial charge >= 0.3 is 0 Å². The fraction of sp³-hybridized carbons (Fsp3) is 0.250.